The van der Waals surface area contributed by atoms with Crippen molar-refractivity contribution in [1.29, 1.82) is 0 Å². The second kappa shape index (κ2) is 11.0. The third-order valence-corrected chi connectivity index (χ3v) is 6.62. The summed E-state index contributed by atoms with van der Waals surface area (Å²) in [6, 6.07) is 15.1. The van der Waals surface area contributed by atoms with Crippen LogP contribution in [0.2, 0.25) is 0 Å². The zero-order chi connectivity index (χ0) is 24.8. The molecule has 0 saturated carbocycles. The van der Waals surface area contributed by atoms with Gasteiger partial charge >= 0.3 is 0 Å². The van der Waals surface area contributed by atoms with E-state index < -0.39 is 11.1 Å². The Labute approximate surface area is 208 Å². The Kier molecular flexibility index (Phi) is 7.63. The summed E-state index contributed by atoms with van der Waals surface area (Å²) in [5, 5.41) is -0.460. The number of terminal acetylenes is 1. The number of carbonyl (C=O) groups excluding carboxylic acids is 3. The fourth-order valence-electron chi connectivity index (χ4n) is 3.89. The van der Waals surface area contributed by atoms with Gasteiger partial charge in [-0.05, 0) is 47.7 Å². The van der Waals surface area contributed by atoms with Crippen LogP contribution in [-0.4, -0.2) is 73.3 Å². The number of anilines is 1. The largest absolute Gasteiger partial charge is 0.493 e. The third kappa shape index (κ3) is 5.61. The van der Waals surface area contributed by atoms with Gasteiger partial charge in [-0.3, -0.25) is 19.3 Å². The molecule has 0 N–H and O–H groups in total. The lowest BCUT2D eigenvalue weighted by Crippen LogP contribution is -2.51. The van der Waals surface area contributed by atoms with Gasteiger partial charge in [-0.2, -0.15) is 0 Å². The van der Waals surface area contributed by atoms with Crippen LogP contribution in [0.15, 0.2) is 53.4 Å². The van der Waals surface area contributed by atoms with Crippen LogP contribution < -0.4 is 14.4 Å². The summed E-state index contributed by atoms with van der Waals surface area (Å²) >= 11 is 0.815. The van der Waals surface area contributed by atoms with Crippen LogP contribution >= 0.6 is 11.8 Å². The number of piperazine rings is 1. The maximum absolute atomic E-state index is 12.9. The molecule has 4 rings (SSSR count). The average molecular weight is 492 g/mol. The van der Waals surface area contributed by atoms with Crippen molar-refractivity contribution in [1.82, 2.24) is 9.80 Å². The summed E-state index contributed by atoms with van der Waals surface area (Å²) in [4.78, 5) is 43.4. The van der Waals surface area contributed by atoms with Crippen LogP contribution in [0.4, 0.5) is 10.5 Å². The number of para-hydroxylation sites is 1. The van der Waals surface area contributed by atoms with Crippen LogP contribution in [0.1, 0.15) is 5.56 Å². The topological polar surface area (TPSA) is 79.4 Å². The number of benzene rings is 2. The highest BCUT2D eigenvalue weighted by Crippen LogP contribution is 2.34. The van der Waals surface area contributed by atoms with Crippen LogP contribution in [-0.2, 0) is 9.59 Å². The number of hydrogen-bond acceptors (Lipinski definition) is 7. The van der Waals surface area contributed by atoms with E-state index in [4.69, 9.17) is 15.9 Å². The number of carbonyl (C=O) groups is 3. The van der Waals surface area contributed by atoms with E-state index in [0.29, 0.717) is 43.2 Å². The quantitative estimate of drug-likeness (QED) is 0.435. The molecule has 0 aliphatic carbocycles. The van der Waals surface area contributed by atoms with Gasteiger partial charge in [0.05, 0.1) is 12.0 Å². The number of rotatable bonds is 7. The Morgan fingerprint density at radius 2 is 1.83 bits per heavy atom. The van der Waals surface area contributed by atoms with Crippen molar-refractivity contribution in [2.45, 2.75) is 0 Å². The van der Waals surface area contributed by atoms with Gasteiger partial charge in [-0.25, -0.2) is 0 Å². The first-order valence-electron chi connectivity index (χ1n) is 11.1. The standard InChI is InChI=1S/C26H25N3O5S/c1-3-15-34-21-10-9-19(16-22(21)33-2)17-23-25(31)29(26(32)35-23)18-24(30)28-13-11-27(12-14-28)20-7-5-4-6-8-20/h1,4-10,16-17H,11-15,18H2,2H3. The number of ether oxygens (including phenoxy) is 2. The van der Waals surface area contributed by atoms with E-state index in [1.807, 2.05) is 30.3 Å². The van der Waals surface area contributed by atoms with Crippen molar-refractivity contribution in [3.63, 3.8) is 0 Å². The lowest BCUT2D eigenvalue weighted by Gasteiger charge is -2.36. The summed E-state index contributed by atoms with van der Waals surface area (Å²) < 4.78 is 10.8. The monoisotopic (exact) mass is 491 g/mol. The van der Waals surface area contributed by atoms with Gasteiger partial charge in [-0.1, -0.05) is 30.2 Å². The Morgan fingerprint density at radius 3 is 2.51 bits per heavy atom. The van der Waals surface area contributed by atoms with E-state index in [-0.39, 0.29) is 24.0 Å². The third-order valence-electron chi connectivity index (χ3n) is 5.72. The molecule has 8 nitrogen and oxygen atoms in total. The Balaban J connectivity index is 1.38. The zero-order valence-electron chi connectivity index (χ0n) is 19.3. The number of thioether (sulfide) groups is 1. The molecule has 0 aromatic heterocycles. The molecule has 2 saturated heterocycles. The predicted octanol–water partition coefficient (Wildman–Crippen LogP) is 3.09. The van der Waals surface area contributed by atoms with Crippen molar-refractivity contribution >= 4 is 40.6 Å². The SMILES string of the molecule is C#CCOc1ccc(C=C2SC(=O)N(CC(=O)N3CCN(c4ccccc4)CC3)C2=O)cc1OC. The van der Waals surface area contributed by atoms with E-state index >= 15 is 0 Å². The van der Waals surface area contributed by atoms with E-state index in [0.717, 1.165) is 22.3 Å². The molecule has 180 valence electrons. The molecule has 2 fully saturated rings. The van der Waals surface area contributed by atoms with E-state index in [1.54, 1.807) is 29.2 Å². The van der Waals surface area contributed by atoms with Crippen LogP contribution in [0.3, 0.4) is 0 Å². The molecule has 2 aliphatic heterocycles. The maximum atomic E-state index is 12.9. The van der Waals surface area contributed by atoms with Gasteiger partial charge in [0.2, 0.25) is 5.91 Å². The fourth-order valence-corrected chi connectivity index (χ4v) is 4.73. The highest BCUT2D eigenvalue weighted by atomic mass is 32.2. The van der Waals surface area contributed by atoms with Crippen LogP contribution in [0.5, 0.6) is 11.5 Å². The number of imide groups is 1. The van der Waals surface area contributed by atoms with Crippen molar-refractivity contribution in [3.05, 3.63) is 59.0 Å². The minimum absolute atomic E-state index is 0.101. The first-order chi connectivity index (χ1) is 17.0. The molecule has 2 aromatic carbocycles. The normalized spacial score (nSPS) is 17.0. The molecule has 0 bridgehead atoms. The smallest absolute Gasteiger partial charge is 0.294 e. The Bertz CT molecular complexity index is 1180. The summed E-state index contributed by atoms with van der Waals surface area (Å²) in [5.41, 5.74) is 1.77. The molecular formula is C26H25N3O5S. The molecule has 0 atom stereocenters. The van der Waals surface area contributed by atoms with Gasteiger partial charge in [0.15, 0.2) is 11.5 Å². The fraction of sp³-hybridized carbons (Fsp3) is 0.269. The number of methoxy groups -OCH3 is 1. The molecule has 2 aliphatic rings. The molecular weight excluding hydrogens is 466 g/mol. The second-order valence-electron chi connectivity index (χ2n) is 7.87. The predicted molar refractivity (Wildman–Crippen MR) is 135 cm³/mol. The van der Waals surface area contributed by atoms with Gasteiger partial charge in [0.25, 0.3) is 11.1 Å². The average Bonchev–Trinajstić information content (AvgIpc) is 3.15. The highest BCUT2D eigenvalue weighted by Gasteiger charge is 2.37. The van der Waals surface area contributed by atoms with Crippen LogP contribution in [0.25, 0.3) is 6.08 Å². The van der Waals surface area contributed by atoms with Gasteiger partial charge in [0, 0.05) is 31.9 Å². The van der Waals surface area contributed by atoms with Crippen molar-refractivity contribution < 1.29 is 23.9 Å². The molecule has 2 heterocycles. The number of amides is 3. The lowest BCUT2D eigenvalue weighted by molar-refractivity contribution is -0.136. The Hall–Kier alpha value is -3.90. The van der Waals surface area contributed by atoms with Gasteiger partial charge in [0.1, 0.15) is 13.2 Å². The highest BCUT2D eigenvalue weighted by molar-refractivity contribution is 8.18. The molecule has 0 spiro atoms. The zero-order valence-corrected chi connectivity index (χ0v) is 20.1. The summed E-state index contributed by atoms with van der Waals surface area (Å²) in [6.07, 6.45) is 6.83. The molecule has 3 amide bonds. The first-order valence-corrected chi connectivity index (χ1v) is 11.9. The van der Waals surface area contributed by atoms with E-state index in [2.05, 4.69) is 10.8 Å². The Morgan fingerprint density at radius 1 is 1.09 bits per heavy atom. The first kappa shape index (κ1) is 24.2. The van der Waals surface area contributed by atoms with Gasteiger partial charge < -0.3 is 19.3 Å². The van der Waals surface area contributed by atoms with Gasteiger partial charge in [-0.15, -0.1) is 6.42 Å². The lowest BCUT2D eigenvalue weighted by atomic mass is 10.2. The summed E-state index contributed by atoms with van der Waals surface area (Å²) in [6.45, 7) is 2.29. The summed E-state index contributed by atoms with van der Waals surface area (Å²) in [7, 11) is 1.50. The minimum Gasteiger partial charge on any atom is -0.493 e. The van der Waals surface area contributed by atoms with Crippen molar-refractivity contribution in [2.75, 3.05) is 51.3 Å². The molecule has 0 radical (unpaired) electrons. The molecule has 9 heteroatoms. The van der Waals surface area contributed by atoms with Crippen LogP contribution in [0, 0.1) is 12.3 Å². The van der Waals surface area contributed by atoms with E-state index in [9.17, 15) is 14.4 Å². The number of nitrogens with zero attached hydrogens (tertiary/aromatic N) is 3. The van der Waals surface area contributed by atoms with Crippen molar-refractivity contribution in [3.8, 4) is 23.8 Å². The molecule has 0 unspecified atom stereocenters. The van der Waals surface area contributed by atoms with E-state index in [1.165, 1.54) is 7.11 Å². The second-order valence-corrected chi connectivity index (χ2v) is 8.87. The van der Waals surface area contributed by atoms with Crippen molar-refractivity contribution in [2.24, 2.45) is 0 Å². The number of hydrogen-bond donors (Lipinski definition) is 0. The molecule has 2 aromatic rings. The summed E-state index contributed by atoms with van der Waals surface area (Å²) in [5.74, 6) is 2.61. The maximum Gasteiger partial charge on any atom is 0.294 e. The minimum atomic E-state index is -0.483. The molecule has 35 heavy (non-hydrogen) atoms.